The maximum atomic E-state index is 13.1. The lowest BCUT2D eigenvalue weighted by Gasteiger charge is -2.40. The van der Waals surface area contributed by atoms with Crippen molar-refractivity contribution in [1.29, 1.82) is 0 Å². The molecule has 0 aliphatic carbocycles. The van der Waals surface area contributed by atoms with Gasteiger partial charge >= 0.3 is 12.4 Å². The Labute approximate surface area is 177 Å². The van der Waals surface area contributed by atoms with Gasteiger partial charge < -0.3 is 15.3 Å². The highest BCUT2D eigenvalue weighted by Crippen LogP contribution is 2.52. The van der Waals surface area contributed by atoms with Crippen molar-refractivity contribution in [2.45, 2.75) is 36.2 Å². The summed E-state index contributed by atoms with van der Waals surface area (Å²) in [5, 5.41) is 12.1. The van der Waals surface area contributed by atoms with Crippen LogP contribution >= 0.6 is 11.3 Å². The van der Waals surface area contributed by atoms with Crippen molar-refractivity contribution in [1.82, 2.24) is 10.3 Å². The Hall–Kier alpha value is -2.34. The molecular weight excluding hydrogens is 448 g/mol. The van der Waals surface area contributed by atoms with E-state index in [-0.39, 0.29) is 48.3 Å². The molecular formula is C19H19F6N3O2S. The van der Waals surface area contributed by atoms with Gasteiger partial charge in [-0.3, -0.25) is 4.79 Å². The van der Waals surface area contributed by atoms with E-state index < -0.39 is 28.2 Å². The number of carbonyl (C=O) groups is 1. The first-order valence-electron chi connectivity index (χ1n) is 9.21. The Balaban J connectivity index is 1.87. The summed E-state index contributed by atoms with van der Waals surface area (Å²) in [4.78, 5) is 16.5. The maximum Gasteiger partial charge on any atom is 0.431 e. The SMILES string of the molecule is CNC(=O)C1(c2ccccc2)CCN(c2ncc(C(O)(C(F)(F)F)C(F)(F)F)s2)CC1. The molecule has 1 aliphatic rings. The molecule has 0 spiro atoms. The summed E-state index contributed by atoms with van der Waals surface area (Å²) < 4.78 is 78.6. The Kier molecular flexibility index (Phi) is 6.00. The average Bonchev–Trinajstić information content (AvgIpc) is 3.22. The monoisotopic (exact) mass is 467 g/mol. The van der Waals surface area contributed by atoms with Crippen LogP contribution in [0.5, 0.6) is 0 Å². The van der Waals surface area contributed by atoms with Crippen LogP contribution in [0.15, 0.2) is 36.5 Å². The van der Waals surface area contributed by atoms with Crippen molar-refractivity contribution < 1.29 is 36.2 Å². The highest BCUT2D eigenvalue weighted by Gasteiger charge is 2.72. The number of carbonyl (C=O) groups excluding carboxylic acids is 1. The number of likely N-dealkylation sites (N-methyl/N-ethyl adjacent to an activating group) is 1. The number of rotatable bonds is 4. The largest absolute Gasteiger partial charge is 0.431 e. The summed E-state index contributed by atoms with van der Waals surface area (Å²) in [6, 6.07) is 8.98. The molecule has 1 aromatic heterocycles. The third-order valence-corrected chi connectivity index (χ3v) is 6.71. The predicted molar refractivity (Wildman–Crippen MR) is 102 cm³/mol. The summed E-state index contributed by atoms with van der Waals surface area (Å²) in [6.45, 7) is 0.372. The minimum absolute atomic E-state index is 0.0829. The molecule has 0 saturated carbocycles. The van der Waals surface area contributed by atoms with Crippen LogP contribution in [-0.2, 0) is 15.8 Å². The lowest BCUT2D eigenvalue weighted by Crippen LogP contribution is -2.53. The molecule has 0 bridgehead atoms. The molecule has 1 aromatic carbocycles. The van der Waals surface area contributed by atoms with Gasteiger partial charge in [-0.05, 0) is 18.4 Å². The number of aliphatic hydroxyl groups is 1. The van der Waals surface area contributed by atoms with Crippen molar-refractivity contribution in [2.24, 2.45) is 0 Å². The van der Waals surface area contributed by atoms with Crippen molar-refractivity contribution in [3.8, 4) is 0 Å². The quantitative estimate of drug-likeness (QED) is 0.673. The van der Waals surface area contributed by atoms with Crippen LogP contribution in [0.25, 0.3) is 0 Å². The molecule has 1 saturated heterocycles. The Morgan fingerprint density at radius 1 is 1.10 bits per heavy atom. The molecule has 31 heavy (non-hydrogen) atoms. The zero-order chi connectivity index (χ0) is 23.1. The summed E-state index contributed by atoms with van der Waals surface area (Å²) in [5.41, 5.74) is -5.09. The number of aromatic nitrogens is 1. The first-order valence-corrected chi connectivity index (χ1v) is 10.0. The van der Waals surface area contributed by atoms with Gasteiger partial charge in [0.25, 0.3) is 5.60 Å². The van der Waals surface area contributed by atoms with Crippen LogP contribution in [0.4, 0.5) is 31.5 Å². The van der Waals surface area contributed by atoms with Crippen molar-refractivity contribution in [3.63, 3.8) is 0 Å². The second-order valence-electron chi connectivity index (χ2n) is 7.23. The van der Waals surface area contributed by atoms with Gasteiger partial charge in [0.05, 0.1) is 10.3 Å². The number of halogens is 6. The molecule has 1 aliphatic heterocycles. The topological polar surface area (TPSA) is 65.5 Å². The third kappa shape index (κ3) is 3.86. The molecule has 12 heteroatoms. The Bertz CT molecular complexity index is 907. The summed E-state index contributed by atoms with van der Waals surface area (Å²) in [7, 11) is 1.50. The van der Waals surface area contributed by atoms with Crippen LogP contribution in [0.1, 0.15) is 23.3 Å². The zero-order valence-corrected chi connectivity index (χ0v) is 17.0. The van der Waals surface area contributed by atoms with E-state index in [1.807, 2.05) is 0 Å². The van der Waals surface area contributed by atoms with Crippen LogP contribution in [-0.4, -0.2) is 48.5 Å². The Morgan fingerprint density at radius 2 is 1.65 bits per heavy atom. The standard InChI is InChI=1S/C19H19F6N3O2S/c1-26-14(29)16(12-5-3-2-4-6-12)7-9-28(10-8-16)15-27-11-13(31-15)17(30,18(20,21)22)19(23,24)25/h2-6,11,30H,7-10H2,1H3,(H,26,29). The molecule has 5 nitrogen and oxygen atoms in total. The zero-order valence-electron chi connectivity index (χ0n) is 16.2. The van der Waals surface area contributed by atoms with Crippen molar-refractivity contribution >= 4 is 22.4 Å². The van der Waals surface area contributed by atoms with Gasteiger partial charge in [0.2, 0.25) is 5.91 Å². The number of piperidine rings is 1. The van der Waals surface area contributed by atoms with Gasteiger partial charge in [-0.1, -0.05) is 41.7 Å². The predicted octanol–water partition coefficient (Wildman–Crippen LogP) is 3.74. The summed E-state index contributed by atoms with van der Waals surface area (Å²) in [5.74, 6) is -0.221. The third-order valence-electron chi connectivity index (χ3n) is 5.55. The van der Waals surface area contributed by atoms with Crippen LogP contribution in [0.2, 0.25) is 0 Å². The lowest BCUT2D eigenvalue weighted by atomic mass is 9.72. The fourth-order valence-corrected chi connectivity index (χ4v) is 4.84. The number of hydrogen-bond donors (Lipinski definition) is 2. The number of anilines is 1. The molecule has 170 valence electrons. The summed E-state index contributed by atoms with van der Waals surface area (Å²) >= 11 is 0.134. The first kappa shape index (κ1) is 23.3. The van der Waals surface area contributed by atoms with Gasteiger partial charge in [0.15, 0.2) is 5.13 Å². The van der Waals surface area contributed by atoms with E-state index >= 15 is 0 Å². The normalized spacial score (nSPS) is 17.5. The molecule has 1 amide bonds. The molecule has 2 heterocycles. The highest BCUT2D eigenvalue weighted by atomic mass is 32.1. The highest BCUT2D eigenvalue weighted by molar-refractivity contribution is 7.15. The van der Waals surface area contributed by atoms with E-state index in [1.54, 1.807) is 30.3 Å². The molecule has 3 rings (SSSR count). The minimum atomic E-state index is -5.96. The van der Waals surface area contributed by atoms with Gasteiger partial charge in [0, 0.05) is 26.3 Å². The number of amides is 1. The van der Waals surface area contributed by atoms with Crippen LogP contribution < -0.4 is 10.2 Å². The first-order chi connectivity index (χ1) is 14.4. The number of nitrogens with zero attached hydrogens (tertiary/aromatic N) is 2. The maximum absolute atomic E-state index is 13.1. The second kappa shape index (κ2) is 7.97. The number of nitrogens with one attached hydrogen (secondary N) is 1. The van der Waals surface area contributed by atoms with E-state index in [0.717, 1.165) is 5.56 Å². The van der Waals surface area contributed by atoms with Crippen molar-refractivity contribution in [2.75, 3.05) is 25.0 Å². The Morgan fingerprint density at radius 3 is 2.13 bits per heavy atom. The molecule has 2 aromatic rings. The smallest absolute Gasteiger partial charge is 0.369 e. The molecule has 0 atom stereocenters. The van der Waals surface area contributed by atoms with E-state index in [9.17, 15) is 36.2 Å². The number of benzene rings is 1. The van der Waals surface area contributed by atoms with Crippen molar-refractivity contribution in [3.05, 3.63) is 47.0 Å². The van der Waals surface area contributed by atoms with Gasteiger partial charge in [-0.2, -0.15) is 26.3 Å². The molecule has 1 fully saturated rings. The van der Waals surface area contributed by atoms with E-state index in [1.165, 1.54) is 11.9 Å². The number of hydrogen-bond acceptors (Lipinski definition) is 5. The molecule has 0 unspecified atom stereocenters. The second-order valence-corrected chi connectivity index (χ2v) is 8.24. The fourth-order valence-electron chi connectivity index (χ4n) is 3.74. The van der Waals surface area contributed by atoms with E-state index in [2.05, 4.69) is 10.3 Å². The van der Waals surface area contributed by atoms with E-state index in [0.29, 0.717) is 6.20 Å². The van der Waals surface area contributed by atoms with Crippen LogP contribution in [0.3, 0.4) is 0 Å². The van der Waals surface area contributed by atoms with Gasteiger partial charge in [0.1, 0.15) is 0 Å². The van der Waals surface area contributed by atoms with Gasteiger partial charge in [-0.25, -0.2) is 4.98 Å². The van der Waals surface area contributed by atoms with Gasteiger partial charge in [-0.15, -0.1) is 0 Å². The summed E-state index contributed by atoms with van der Waals surface area (Å²) in [6.07, 6.45) is -10.9. The average molecular weight is 467 g/mol. The van der Waals surface area contributed by atoms with E-state index in [4.69, 9.17) is 0 Å². The minimum Gasteiger partial charge on any atom is -0.369 e. The lowest BCUT2D eigenvalue weighted by molar-refractivity contribution is -0.375. The number of thiazole rings is 1. The van der Waals surface area contributed by atoms with Crippen LogP contribution in [0, 0.1) is 0 Å². The fraction of sp³-hybridized carbons (Fsp3) is 0.474. The molecule has 2 N–H and O–H groups in total. The molecule has 0 radical (unpaired) electrons. The number of alkyl halides is 6.